The molecule has 2 unspecified atom stereocenters. The van der Waals surface area contributed by atoms with Crippen molar-refractivity contribution >= 4 is 11.9 Å². The number of rotatable bonds is 42. The zero-order valence-electron chi connectivity index (χ0n) is 38.5. The van der Waals surface area contributed by atoms with Crippen LogP contribution in [0.25, 0.3) is 0 Å². The molecule has 0 saturated carbocycles. The van der Waals surface area contributed by atoms with Crippen molar-refractivity contribution in [2.45, 2.75) is 269 Å². The Morgan fingerprint density at radius 2 is 0.933 bits per heavy atom. The third-order valence-electron chi connectivity index (χ3n) is 11.7. The summed E-state index contributed by atoms with van der Waals surface area (Å²) in [5.41, 5.74) is 3.30. The van der Waals surface area contributed by atoms with E-state index in [0.717, 1.165) is 57.8 Å². The van der Waals surface area contributed by atoms with Crippen LogP contribution in [0, 0.1) is 0 Å². The molecule has 0 amide bonds. The van der Waals surface area contributed by atoms with E-state index < -0.39 is 49.4 Å². The van der Waals surface area contributed by atoms with E-state index in [1.165, 1.54) is 141 Å². The molecule has 352 valence electrons. The summed E-state index contributed by atoms with van der Waals surface area (Å²) in [5, 5.41) is 40.1. The van der Waals surface area contributed by atoms with Crippen molar-refractivity contribution in [3.63, 3.8) is 0 Å². The monoisotopic (exact) mass is 853 g/mol. The van der Waals surface area contributed by atoms with E-state index in [1.807, 2.05) is 0 Å². The minimum Gasteiger partial charge on any atom is -0.462 e. The number of carbonyl (C=O) groups is 2. The average molecular weight is 853 g/mol. The highest BCUT2D eigenvalue weighted by molar-refractivity contribution is 5.70. The molecular formula is C50H92O10. The van der Waals surface area contributed by atoms with Crippen LogP contribution in [0.15, 0.2) is 17.9 Å². The molecule has 1 aliphatic rings. The van der Waals surface area contributed by atoms with Crippen molar-refractivity contribution in [3.05, 3.63) is 17.9 Å². The number of carbonyl (C=O) groups excluding carboxylic acids is 2. The fourth-order valence-corrected chi connectivity index (χ4v) is 7.70. The fraction of sp³-hybridized carbons (Fsp3) is 0.900. The first kappa shape index (κ1) is 56.2. The highest BCUT2D eigenvalue weighted by Gasteiger charge is 2.44. The Balaban J connectivity index is 2.26. The number of aliphatic hydroxyl groups is 4. The number of esters is 2. The van der Waals surface area contributed by atoms with Crippen molar-refractivity contribution in [3.8, 4) is 0 Å². The van der Waals surface area contributed by atoms with Gasteiger partial charge in [-0.15, -0.1) is 5.73 Å². The lowest BCUT2D eigenvalue weighted by molar-refractivity contribution is -0.305. The smallest absolute Gasteiger partial charge is 0.306 e. The summed E-state index contributed by atoms with van der Waals surface area (Å²) in [5.74, 6) is -0.815. The van der Waals surface area contributed by atoms with Crippen LogP contribution in [-0.4, -0.2) is 89.0 Å². The van der Waals surface area contributed by atoms with Gasteiger partial charge >= 0.3 is 11.9 Å². The van der Waals surface area contributed by atoms with Crippen LogP contribution in [0.4, 0.5) is 0 Å². The average Bonchev–Trinajstić information content (AvgIpc) is 3.25. The predicted molar refractivity (Wildman–Crippen MR) is 242 cm³/mol. The Hall–Kier alpha value is -1.78. The highest BCUT2D eigenvalue weighted by Crippen LogP contribution is 2.23. The molecule has 1 saturated heterocycles. The van der Waals surface area contributed by atoms with Crippen LogP contribution in [-0.2, 0) is 28.5 Å². The molecule has 10 nitrogen and oxygen atoms in total. The van der Waals surface area contributed by atoms with Crippen LogP contribution in [0.3, 0.4) is 0 Å². The van der Waals surface area contributed by atoms with Gasteiger partial charge in [0.25, 0.3) is 0 Å². The van der Waals surface area contributed by atoms with Gasteiger partial charge in [0.1, 0.15) is 31.0 Å². The SMILES string of the molecule is CCCCCCCC=C=CCCCCCCCC(=O)O[C@@H](COC(=O)CCCCCCCCCCCCCCCCCCCCCC)CO[C@H]1O[C@@H](CO)[C@@H](O)C(O)C1O. The van der Waals surface area contributed by atoms with Crippen molar-refractivity contribution in [2.75, 3.05) is 19.8 Å². The lowest BCUT2D eigenvalue weighted by Gasteiger charge is -2.39. The second-order valence-electron chi connectivity index (χ2n) is 17.4. The van der Waals surface area contributed by atoms with Gasteiger partial charge in [-0.2, -0.15) is 0 Å². The van der Waals surface area contributed by atoms with Crippen LogP contribution in [0.2, 0.25) is 0 Å². The van der Waals surface area contributed by atoms with Gasteiger partial charge in [-0.3, -0.25) is 9.59 Å². The largest absolute Gasteiger partial charge is 0.462 e. The Morgan fingerprint density at radius 3 is 1.37 bits per heavy atom. The standard InChI is InChI=1S/C50H92O10/c1-3-5-7-9-11-13-15-17-19-20-21-22-23-25-26-28-30-32-34-36-38-45(52)57-41-43(42-58-50-49(56)48(55)47(54)44(40-51)60-50)59-46(53)39-37-35-33-31-29-27-24-18-16-14-12-10-8-6-4-2/h16,24,43-44,47-51,54-56H,3-15,17,19-23,25-42H2,1-2H3/t18?,43-,44-,47+,48?,49?,50-/m0/s1. The summed E-state index contributed by atoms with van der Waals surface area (Å²) in [6.07, 6.45) is 35.7. The Bertz CT molecular complexity index is 1040. The zero-order valence-corrected chi connectivity index (χ0v) is 38.5. The fourth-order valence-electron chi connectivity index (χ4n) is 7.70. The number of ether oxygens (including phenoxy) is 4. The maximum absolute atomic E-state index is 12.8. The van der Waals surface area contributed by atoms with E-state index in [9.17, 15) is 30.0 Å². The second-order valence-corrected chi connectivity index (χ2v) is 17.4. The molecule has 0 aliphatic carbocycles. The van der Waals surface area contributed by atoms with E-state index in [2.05, 4.69) is 31.7 Å². The normalized spacial score (nSPS) is 19.5. The van der Waals surface area contributed by atoms with E-state index in [0.29, 0.717) is 6.42 Å². The molecule has 4 N–H and O–H groups in total. The molecule has 10 heteroatoms. The zero-order chi connectivity index (χ0) is 43.7. The van der Waals surface area contributed by atoms with Gasteiger partial charge in [0.05, 0.1) is 13.2 Å². The second kappa shape index (κ2) is 41.2. The van der Waals surface area contributed by atoms with Crippen molar-refractivity contribution in [1.82, 2.24) is 0 Å². The van der Waals surface area contributed by atoms with E-state index in [1.54, 1.807) is 0 Å². The van der Waals surface area contributed by atoms with Gasteiger partial charge < -0.3 is 39.4 Å². The molecule has 60 heavy (non-hydrogen) atoms. The summed E-state index contributed by atoms with van der Waals surface area (Å²) in [6.45, 7) is 3.42. The number of hydrogen-bond donors (Lipinski definition) is 4. The van der Waals surface area contributed by atoms with Gasteiger partial charge in [-0.1, -0.05) is 181 Å². The molecule has 1 rings (SSSR count). The first-order chi connectivity index (χ1) is 29.3. The number of unbranched alkanes of at least 4 members (excludes halogenated alkanes) is 29. The maximum Gasteiger partial charge on any atom is 0.306 e. The molecule has 0 aromatic rings. The van der Waals surface area contributed by atoms with Gasteiger partial charge in [-0.05, 0) is 50.7 Å². The molecular weight excluding hydrogens is 761 g/mol. The molecule has 0 radical (unpaired) electrons. The maximum atomic E-state index is 12.8. The van der Waals surface area contributed by atoms with Crippen LogP contribution in [0.1, 0.15) is 232 Å². The Labute approximate surface area is 366 Å². The number of allylic oxidation sites excluding steroid dienone is 1. The summed E-state index contributed by atoms with van der Waals surface area (Å²) in [6, 6.07) is 0. The molecule has 1 heterocycles. The predicted octanol–water partition coefficient (Wildman–Crippen LogP) is 11.3. The van der Waals surface area contributed by atoms with E-state index in [4.69, 9.17) is 18.9 Å². The molecule has 6 atom stereocenters. The summed E-state index contributed by atoms with van der Waals surface area (Å²) < 4.78 is 22.2. The van der Waals surface area contributed by atoms with E-state index in [-0.39, 0.29) is 32.0 Å². The lowest BCUT2D eigenvalue weighted by Crippen LogP contribution is -2.59. The van der Waals surface area contributed by atoms with Gasteiger partial charge in [0.15, 0.2) is 12.4 Å². The number of aliphatic hydroxyl groups excluding tert-OH is 4. The quantitative estimate of drug-likeness (QED) is 0.0265. The molecule has 1 aliphatic heterocycles. The van der Waals surface area contributed by atoms with Gasteiger partial charge in [-0.25, -0.2) is 0 Å². The number of hydrogen-bond acceptors (Lipinski definition) is 10. The first-order valence-corrected chi connectivity index (χ1v) is 25.0. The molecule has 0 spiro atoms. The summed E-state index contributed by atoms with van der Waals surface area (Å²) >= 11 is 0. The lowest BCUT2D eigenvalue weighted by atomic mass is 9.99. The van der Waals surface area contributed by atoms with Gasteiger partial charge in [0.2, 0.25) is 0 Å². The topological polar surface area (TPSA) is 152 Å². The van der Waals surface area contributed by atoms with Crippen molar-refractivity contribution in [2.24, 2.45) is 0 Å². The third-order valence-corrected chi connectivity index (χ3v) is 11.7. The summed E-state index contributed by atoms with van der Waals surface area (Å²) in [7, 11) is 0. The minimum absolute atomic E-state index is 0.213. The molecule has 1 fully saturated rings. The molecule has 0 aromatic heterocycles. The third kappa shape index (κ3) is 32.0. The van der Waals surface area contributed by atoms with E-state index >= 15 is 0 Å². The molecule has 0 bridgehead atoms. The Kier molecular flexibility index (Phi) is 38.7. The minimum atomic E-state index is -1.60. The summed E-state index contributed by atoms with van der Waals surface area (Å²) in [4.78, 5) is 25.4. The van der Waals surface area contributed by atoms with Gasteiger partial charge in [0, 0.05) is 12.8 Å². The Morgan fingerprint density at radius 1 is 0.533 bits per heavy atom. The highest BCUT2D eigenvalue weighted by atomic mass is 16.7. The van der Waals surface area contributed by atoms with Crippen LogP contribution >= 0.6 is 0 Å². The van der Waals surface area contributed by atoms with Crippen LogP contribution < -0.4 is 0 Å². The molecule has 0 aromatic carbocycles. The van der Waals surface area contributed by atoms with Crippen molar-refractivity contribution < 1.29 is 49.0 Å². The van der Waals surface area contributed by atoms with Crippen LogP contribution in [0.5, 0.6) is 0 Å². The first-order valence-electron chi connectivity index (χ1n) is 25.0. The van der Waals surface area contributed by atoms with Crippen molar-refractivity contribution in [1.29, 1.82) is 0 Å².